The normalized spacial score (nSPS) is 12.0. The maximum atomic E-state index is 14.0. The van der Waals surface area contributed by atoms with Crippen LogP contribution in [0.1, 0.15) is 16.8 Å². The maximum Gasteiger partial charge on any atom is 0.417 e. The van der Waals surface area contributed by atoms with Gasteiger partial charge in [0.15, 0.2) is 11.6 Å². The van der Waals surface area contributed by atoms with E-state index in [0.29, 0.717) is 22.9 Å². The molecule has 0 amide bonds. The fraction of sp³-hybridized carbons (Fsp3) is 0.143. The molecule has 0 radical (unpaired) electrons. The van der Waals surface area contributed by atoms with Gasteiger partial charge in [-0.05, 0) is 38.1 Å². The van der Waals surface area contributed by atoms with Gasteiger partial charge in [0, 0.05) is 22.2 Å². The molecule has 0 spiro atoms. The van der Waals surface area contributed by atoms with Gasteiger partial charge >= 0.3 is 6.18 Å². The van der Waals surface area contributed by atoms with Gasteiger partial charge in [-0.25, -0.2) is 9.97 Å². The summed E-state index contributed by atoms with van der Waals surface area (Å²) >= 11 is 0. The van der Waals surface area contributed by atoms with Crippen LogP contribution in [0.25, 0.3) is 33.2 Å². The molecule has 4 N–H and O–H groups in total. The summed E-state index contributed by atoms with van der Waals surface area (Å²) in [7, 11) is 0. The number of para-hydroxylation sites is 1. The van der Waals surface area contributed by atoms with E-state index in [1.807, 2.05) is 24.3 Å². The molecule has 32 heavy (non-hydrogen) atoms. The van der Waals surface area contributed by atoms with Gasteiger partial charge in [0.05, 0.1) is 22.0 Å². The summed E-state index contributed by atoms with van der Waals surface area (Å²) in [5.41, 5.74) is -0.223. The first-order chi connectivity index (χ1) is 15.2. The second-order valence-electron chi connectivity index (χ2n) is 7.34. The molecule has 0 aliphatic heterocycles. The number of alkyl halides is 3. The summed E-state index contributed by atoms with van der Waals surface area (Å²) in [6.07, 6.45) is -4.79. The van der Waals surface area contributed by atoms with Crippen molar-refractivity contribution in [2.24, 2.45) is 0 Å². The minimum Gasteiger partial charge on any atom is -0.323 e. The molecule has 0 aliphatic carbocycles. The lowest BCUT2D eigenvalue weighted by molar-refractivity contribution is -0.135. The van der Waals surface area contributed by atoms with Crippen LogP contribution in [-0.4, -0.2) is 30.4 Å². The van der Waals surface area contributed by atoms with E-state index in [9.17, 15) is 18.0 Å². The number of nitrogens with zero attached hydrogens (tertiary/aromatic N) is 3. The number of fused-ring (bicyclic) bond motifs is 2. The number of nitrogens with one attached hydrogen (secondary N) is 4. The van der Waals surface area contributed by atoms with Crippen molar-refractivity contribution in [2.75, 3.05) is 5.32 Å². The molecule has 0 fully saturated rings. The highest BCUT2D eigenvalue weighted by molar-refractivity contribution is 5.92. The van der Waals surface area contributed by atoms with Crippen molar-refractivity contribution >= 4 is 33.4 Å². The molecule has 5 rings (SSSR count). The van der Waals surface area contributed by atoms with Crippen molar-refractivity contribution in [3.05, 3.63) is 63.6 Å². The predicted octanol–water partition coefficient (Wildman–Crippen LogP) is 4.57. The lowest BCUT2D eigenvalue weighted by Gasteiger charge is -2.15. The standard InChI is InChI=1S/C21H16F3N7O/c1-9-10(2)25-18(26-17(9)27-19-11-5-3-4-6-13(11)28-30-19)12-7-8-14-15(20(32)31-29-14)16(12)21(22,23)24/h3-8H,1-2H3,(H2,29,31,32)(H2,25,26,27,28,30). The number of halogens is 3. The van der Waals surface area contributed by atoms with Crippen molar-refractivity contribution in [3.63, 3.8) is 0 Å². The molecule has 162 valence electrons. The highest BCUT2D eigenvalue weighted by atomic mass is 19.4. The smallest absolute Gasteiger partial charge is 0.323 e. The second kappa shape index (κ2) is 6.94. The van der Waals surface area contributed by atoms with E-state index >= 15 is 0 Å². The minimum atomic E-state index is -4.79. The quantitative estimate of drug-likeness (QED) is 0.329. The van der Waals surface area contributed by atoms with E-state index in [0.717, 1.165) is 10.9 Å². The Labute approximate surface area is 177 Å². The van der Waals surface area contributed by atoms with Crippen LogP contribution in [0, 0.1) is 13.8 Å². The predicted molar refractivity (Wildman–Crippen MR) is 114 cm³/mol. The zero-order valence-corrected chi connectivity index (χ0v) is 16.8. The highest BCUT2D eigenvalue weighted by Gasteiger charge is 2.38. The molecule has 0 saturated carbocycles. The van der Waals surface area contributed by atoms with E-state index in [2.05, 4.69) is 35.7 Å². The van der Waals surface area contributed by atoms with Crippen LogP contribution in [0.4, 0.5) is 24.8 Å². The Morgan fingerprint density at radius 2 is 1.72 bits per heavy atom. The molecule has 0 bridgehead atoms. The van der Waals surface area contributed by atoms with Crippen LogP contribution in [0.3, 0.4) is 0 Å². The van der Waals surface area contributed by atoms with Crippen LogP contribution in [0.15, 0.2) is 41.2 Å². The number of hydrogen-bond donors (Lipinski definition) is 4. The first-order valence-corrected chi connectivity index (χ1v) is 9.60. The van der Waals surface area contributed by atoms with Gasteiger partial charge in [-0.2, -0.15) is 18.3 Å². The lowest BCUT2D eigenvalue weighted by Crippen LogP contribution is -2.14. The zero-order chi connectivity index (χ0) is 22.6. The van der Waals surface area contributed by atoms with Crippen molar-refractivity contribution in [1.82, 2.24) is 30.4 Å². The molecule has 0 atom stereocenters. The van der Waals surface area contributed by atoms with Crippen LogP contribution in [-0.2, 0) is 6.18 Å². The third-order valence-electron chi connectivity index (χ3n) is 5.36. The van der Waals surface area contributed by atoms with E-state index in [4.69, 9.17) is 0 Å². The number of benzene rings is 2. The molecule has 0 aliphatic rings. The van der Waals surface area contributed by atoms with Crippen molar-refractivity contribution in [1.29, 1.82) is 0 Å². The van der Waals surface area contributed by atoms with Crippen LogP contribution >= 0.6 is 0 Å². The van der Waals surface area contributed by atoms with Crippen LogP contribution in [0.2, 0.25) is 0 Å². The molecule has 8 nitrogen and oxygen atoms in total. The van der Waals surface area contributed by atoms with E-state index < -0.39 is 22.7 Å². The molecule has 2 aromatic carbocycles. The first-order valence-electron chi connectivity index (χ1n) is 9.60. The highest BCUT2D eigenvalue weighted by Crippen LogP contribution is 2.40. The van der Waals surface area contributed by atoms with Gasteiger partial charge in [0.2, 0.25) is 0 Å². The molecule has 5 aromatic rings. The molecule has 0 unspecified atom stereocenters. The topological polar surface area (TPSA) is 115 Å². The number of aromatic nitrogens is 6. The van der Waals surface area contributed by atoms with E-state index in [1.54, 1.807) is 13.8 Å². The SMILES string of the molecule is Cc1nc(-c2ccc3[nH][nH]c(=O)c3c2C(F)(F)F)nc(Nc2n[nH]c3ccccc23)c1C. The number of aromatic amines is 3. The summed E-state index contributed by atoms with van der Waals surface area (Å²) in [6.45, 7) is 3.45. The fourth-order valence-electron chi connectivity index (χ4n) is 3.65. The fourth-order valence-corrected chi connectivity index (χ4v) is 3.65. The van der Waals surface area contributed by atoms with Gasteiger partial charge in [0.25, 0.3) is 5.56 Å². The summed E-state index contributed by atoms with van der Waals surface area (Å²) in [5.74, 6) is 0.660. The third-order valence-corrected chi connectivity index (χ3v) is 5.36. The van der Waals surface area contributed by atoms with Crippen molar-refractivity contribution in [3.8, 4) is 11.4 Å². The Hall–Kier alpha value is -4.15. The number of H-pyrrole nitrogens is 3. The van der Waals surface area contributed by atoms with Crippen LogP contribution in [0.5, 0.6) is 0 Å². The van der Waals surface area contributed by atoms with Crippen molar-refractivity contribution < 1.29 is 13.2 Å². The third kappa shape index (κ3) is 3.09. The Morgan fingerprint density at radius 1 is 0.938 bits per heavy atom. The van der Waals surface area contributed by atoms with E-state index in [1.165, 1.54) is 12.1 Å². The van der Waals surface area contributed by atoms with Gasteiger partial charge in [0.1, 0.15) is 5.82 Å². The molecular formula is C21H16F3N7O. The van der Waals surface area contributed by atoms with Crippen LogP contribution < -0.4 is 10.9 Å². The van der Waals surface area contributed by atoms with Gasteiger partial charge < -0.3 is 5.32 Å². The minimum absolute atomic E-state index is 0.0521. The largest absolute Gasteiger partial charge is 0.417 e. The van der Waals surface area contributed by atoms with Gasteiger partial charge in [-0.15, -0.1) is 0 Å². The number of rotatable bonds is 3. The molecule has 3 aromatic heterocycles. The second-order valence-corrected chi connectivity index (χ2v) is 7.34. The number of aryl methyl sites for hydroxylation is 1. The summed E-state index contributed by atoms with van der Waals surface area (Å²) < 4.78 is 42.1. The lowest BCUT2D eigenvalue weighted by atomic mass is 10.0. The molecule has 11 heteroatoms. The maximum absolute atomic E-state index is 14.0. The summed E-state index contributed by atoms with van der Waals surface area (Å²) in [6, 6.07) is 10.1. The Balaban J connectivity index is 1.71. The summed E-state index contributed by atoms with van der Waals surface area (Å²) in [5, 5.41) is 15.2. The number of hydrogen-bond acceptors (Lipinski definition) is 5. The zero-order valence-electron chi connectivity index (χ0n) is 16.8. The Bertz CT molecular complexity index is 1550. The van der Waals surface area contributed by atoms with Gasteiger partial charge in [-0.1, -0.05) is 12.1 Å². The molecule has 0 saturated heterocycles. The van der Waals surface area contributed by atoms with Crippen molar-refractivity contribution in [2.45, 2.75) is 20.0 Å². The Kier molecular flexibility index (Phi) is 4.29. The average Bonchev–Trinajstić information content (AvgIpc) is 3.33. The number of anilines is 2. The summed E-state index contributed by atoms with van der Waals surface area (Å²) in [4.78, 5) is 20.8. The van der Waals surface area contributed by atoms with Gasteiger partial charge in [-0.3, -0.25) is 20.1 Å². The monoisotopic (exact) mass is 439 g/mol. The first kappa shape index (κ1) is 19.8. The van der Waals surface area contributed by atoms with E-state index in [-0.39, 0.29) is 16.9 Å². The Morgan fingerprint density at radius 3 is 2.50 bits per heavy atom. The molecular weight excluding hydrogens is 423 g/mol. The molecule has 3 heterocycles. The average molecular weight is 439 g/mol.